The highest BCUT2D eigenvalue weighted by atomic mass is 35.5. The van der Waals surface area contributed by atoms with Gasteiger partial charge in [0, 0.05) is 13.1 Å². The van der Waals surface area contributed by atoms with Gasteiger partial charge in [-0.15, -0.1) is 0 Å². The Hall–Kier alpha value is -2.04. The average molecular weight is 449 g/mol. The van der Waals surface area contributed by atoms with Crippen LogP contribution in [-0.4, -0.2) is 29.3 Å². The van der Waals surface area contributed by atoms with Gasteiger partial charge in [0.05, 0.1) is 16.5 Å². The number of carbonyl (C=O) groups excluding carboxylic acids is 2. The molecular weight excluding hydrogens is 419 g/mol. The molecule has 2 aromatic carbocycles. The van der Waals surface area contributed by atoms with Crippen LogP contribution < -0.4 is 5.32 Å². The smallest absolute Gasteiger partial charge is 0.242 e. The van der Waals surface area contributed by atoms with Crippen LogP contribution in [0.3, 0.4) is 0 Å². The molecule has 4 nitrogen and oxygen atoms in total. The van der Waals surface area contributed by atoms with Gasteiger partial charge in [-0.05, 0) is 55.5 Å². The lowest BCUT2D eigenvalue weighted by atomic mass is 10.0. The van der Waals surface area contributed by atoms with Crippen LogP contribution in [0, 0.1) is 19.8 Å². The molecule has 0 aliphatic carbocycles. The van der Waals surface area contributed by atoms with E-state index in [1.165, 1.54) is 0 Å². The summed E-state index contributed by atoms with van der Waals surface area (Å²) in [6.45, 7) is 10.7. The molecule has 0 aromatic heterocycles. The van der Waals surface area contributed by atoms with Gasteiger partial charge in [-0.2, -0.15) is 0 Å². The number of hydrogen-bond donors (Lipinski definition) is 1. The first-order chi connectivity index (χ1) is 14.1. The fourth-order valence-electron chi connectivity index (χ4n) is 3.12. The molecule has 1 unspecified atom stereocenters. The largest absolute Gasteiger partial charge is 0.354 e. The van der Waals surface area contributed by atoms with E-state index >= 15 is 0 Å². The van der Waals surface area contributed by atoms with Crippen LogP contribution >= 0.6 is 23.2 Å². The van der Waals surface area contributed by atoms with E-state index in [1.807, 2.05) is 52.0 Å². The molecule has 0 aliphatic rings. The second-order valence-corrected chi connectivity index (χ2v) is 9.01. The zero-order valence-corrected chi connectivity index (χ0v) is 19.8. The van der Waals surface area contributed by atoms with Gasteiger partial charge in [0.25, 0.3) is 0 Å². The fraction of sp³-hybridized carbons (Fsp3) is 0.417. The fourth-order valence-corrected chi connectivity index (χ4v) is 3.45. The molecule has 0 fully saturated rings. The summed E-state index contributed by atoms with van der Waals surface area (Å²) in [6, 6.07) is 10.7. The minimum absolute atomic E-state index is 0.109. The molecule has 0 aliphatic heterocycles. The van der Waals surface area contributed by atoms with Crippen molar-refractivity contribution in [3.63, 3.8) is 0 Å². The van der Waals surface area contributed by atoms with Gasteiger partial charge in [0.15, 0.2) is 0 Å². The van der Waals surface area contributed by atoms with Crippen LogP contribution in [0.25, 0.3) is 0 Å². The Balaban J connectivity index is 2.28. The van der Waals surface area contributed by atoms with E-state index in [0.717, 1.165) is 22.3 Å². The number of amides is 2. The number of nitrogens with one attached hydrogen (secondary N) is 1. The van der Waals surface area contributed by atoms with Gasteiger partial charge in [-0.25, -0.2) is 0 Å². The first-order valence-electron chi connectivity index (χ1n) is 10.2. The van der Waals surface area contributed by atoms with E-state index in [1.54, 1.807) is 24.0 Å². The van der Waals surface area contributed by atoms with Crippen molar-refractivity contribution >= 4 is 35.0 Å². The third kappa shape index (κ3) is 6.75. The van der Waals surface area contributed by atoms with E-state index in [4.69, 9.17) is 23.2 Å². The summed E-state index contributed by atoms with van der Waals surface area (Å²) in [7, 11) is 0. The second-order valence-electron chi connectivity index (χ2n) is 8.19. The molecule has 6 heteroatoms. The number of hydrogen-bond acceptors (Lipinski definition) is 2. The van der Waals surface area contributed by atoms with Crippen LogP contribution in [-0.2, 0) is 22.6 Å². The van der Waals surface area contributed by atoms with E-state index in [-0.39, 0.29) is 24.8 Å². The third-order valence-corrected chi connectivity index (χ3v) is 5.77. The van der Waals surface area contributed by atoms with Crippen molar-refractivity contribution in [2.24, 2.45) is 5.92 Å². The average Bonchev–Trinajstić information content (AvgIpc) is 2.69. The molecule has 0 heterocycles. The molecule has 2 aromatic rings. The van der Waals surface area contributed by atoms with Crippen molar-refractivity contribution in [1.82, 2.24) is 10.2 Å². The van der Waals surface area contributed by atoms with Crippen LogP contribution in [0.1, 0.15) is 43.0 Å². The summed E-state index contributed by atoms with van der Waals surface area (Å²) < 4.78 is 0. The molecule has 30 heavy (non-hydrogen) atoms. The predicted octanol–water partition coefficient (Wildman–Crippen LogP) is 5.34. The van der Waals surface area contributed by atoms with Gasteiger partial charge in [0.2, 0.25) is 11.8 Å². The molecule has 0 bridgehead atoms. The summed E-state index contributed by atoms with van der Waals surface area (Å²) in [5.74, 6) is 0.0513. The molecule has 1 N–H and O–H groups in total. The first-order valence-corrected chi connectivity index (χ1v) is 10.9. The monoisotopic (exact) mass is 448 g/mol. The Morgan fingerprint density at radius 1 is 1.00 bits per heavy atom. The number of benzene rings is 2. The molecule has 0 saturated heterocycles. The van der Waals surface area contributed by atoms with Gasteiger partial charge in [0.1, 0.15) is 6.04 Å². The maximum absolute atomic E-state index is 13.3. The number of aryl methyl sites for hydroxylation is 2. The standard InChI is InChI=1S/C24H30Cl2N2O2/c1-15(2)13-27-24(30)18(5)28(14-19-8-9-21(25)22(26)11-19)23(29)12-20-10-16(3)6-7-17(20)4/h6-11,15,18H,12-14H2,1-5H3,(H,27,30). The molecular formula is C24H30Cl2N2O2. The zero-order chi connectivity index (χ0) is 22.4. The Labute approximate surface area is 189 Å². The molecule has 2 amide bonds. The molecule has 162 valence electrons. The Morgan fingerprint density at radius 2 is 1.70 bits per heavy atom. The number of carbonyl (C=O) groups is 2. The molecule has 2 rings (SSSR count). The number of halogens is 2. The quantitative estimate of drug-likeness (QED) is 0.591. The maximum atomic E-state index is 13.3. The van der Waals surface area contributed by atoms with Crippen LogP contribution in [0.15, 0.2) is 36.4 Å². The lowest BCUT2D eigenvalue weighted by molar-refractivity contribution is -0.140. The topological polar surface area (TPSA) is 49.4 Å². The maximum Gasteiger partial charge on any atom is 0.242 e. The van der Waals surface area contributed by atoms with Gasteiger partial charge in [-0.1, -0.05) is 66.9 Å². The Bertz CT molecular complexity index is 912. The highest BCUT2D eigenvalue weighted by molar-refractivity contribution is 6.42. The summed E-state index contributed by atoms with van der Waals surface area (Å²) in [5, 5.41) is 3.81. The lowest BCUT2D eigenvalue weighted by Crippen LogP contribution is -2.48. The van der Waals surface area contributed by atoms with Crippen LogP contribution in [0.5, 0.6) is 0 Å². The molecule has 0 radical (unpaired) electrons. The second kappa shape index (κ2) is 10.8. The summed E-state index contributed by atoms with van der Waals surface area (Å²) in [6.07, 6.45) is 0.233. The van der Waals surface area contributed by atoms with E-state index in [9.17, 15) is 9.59 Å². The molecule has 0 saturated carbocycles. The van der Waals surface area contributed by atoms with Gasteiger partial charge in [-0.3, -0.25) is 9.59 Å². The number of rotatable bonds is 8. The van der Waals surface area contributed by atoms with Crippen molar-refractivity contribution < 1.29 is 9.59 Å². The van der Waals surface area contributed by atoms with Crippen LogP contribution in [0.4, 0.5) is 0 Å². The molecule has 1 atom stereocenters. The van der Waals surface area contributed by atoms with E-state index in [2.05, 4.69) is 5.32 Å². The third-order valence-electron chi connectivity index (χ3n) is 5.04. The Kier molecular flexibility index (Phi) is 8.75. The highest BCUT2D eigenvalue weighted by Gasteiger charge is 2.26. The van der Waals surface area contributed by atoms with E-state index in [0.29, 0.717) is 22.5 Å². The molecule has 0 spiro atoms. The highest BCUT2D eigenvalue weighted by Crippen LogP contribution is 2.24. The first kappa shape index (κ1) is 24.2. The minimum atomic E-state index is -0.615. The van der Waals surface area contributed by atoms with Crippen molar-refractivity contribution in [2.45, 2.75) is 53.6 Å². The summed E-state index contributed by atoms with van der Waals surface area (Å²) >= 11 is 12.2. The summed E-state index contributed by atoms with van der Waals surface area (Å²) in [4.78, 5) is 27.6. The van der Waals surface area contributed by atoms with Crippen molar-refractivity contribution in [2.75, 3.05) is 6.54 Å². The van der Waals surface area contributed by atoms with Crippen molar-refractivity contribution in [1.29, 1.82) is 0 Å². The predicted molar refractivity (Wildman–Crippen MR) is 124 cm³/mol. The van der Waals surface area contributed by atoms with Crippen molar-refractivity contribution in [3.8, 4) is 0 Å². The number of nitrogens with zero attached hydrogens (tertiary/aromatic N) is 1. The lowest BCUT2D eigenvalue weighted by Gasteiger charge is -2.29. The SMILES string of the molecule is Cc1ccc(C)c(CC(=O)N(Cc2ccc(Cl)c(Cl)c2)C(C)C(=O)NCC(C)C)c1. The normalized spacial score (nSPS) is 12.0. The summed E-state index contributed by atoms with van der Waals surface area (Å²) in [5.41, 5.74) is 3.94. The van der Waals surface area contributed by atoms with Crippen molar-refractivity contribution in [3.05, 3.63) is 68.7 Å². The minimum Gasteiger partial charge on any atom is -0.354 e. The van der Waals surface area contributed by atoms with Crippen LogP contribution in [0.2, 0.25) is 10.0 Å². The van der Waals surface area contributed by atoms with Gasteiger partial charge < -0.3 is 10.2 Å². The Morgan fingerprint density at radius 3 is 2.33 bits per heavy atom. The van der Waals surface area contributed by atoms with Gasteiger partial charge >= 0.3 is 0 Å². The van der Waals surface area contributed by atoms with E-state index < -0.39 is 6.04 Å². The zero-order valence-electron chi connectivity index (χ0n) is 18.3.